The average Bonchev–Trinajstić information content (AvgIpc) is 3.25. The smallest absolute Gasteiger partial charge is 0.417 e. The van der Waals surface area contributed by atoms with E-state index in [4.69, 9.17) is 26.8 Å². The number of nitrogen functional groups attached to an aromatic ring is 1. The molecular weight excluding hydrogens is 563 g/mol. The van der Waals surface area contributed by atoms with Gasteiger partial charge in [-0.2, -0.15) is 18.2 Å². The highest BCUT2D eigenvalue weighted by Crippen LogP contribution is 2.36. The molecule has 0 unspecified atom stereocenters. The van der Waals surface area contributed by atoms with Gasteiger partial charge in [0.2, 0.25) is 5.95 Å². The van der Waals surface area contributed by atoms with Crippen LogP contribution in [-0.2, 0) is 31.1 Å². The number of nitrogens with one attached hydrogen (secondary N) is 1. The van der Waals surface area contributed by atoms with Gasteiger partial charge in [0.15, 0.2) is 11.4 Å². The molecule has 4 aromatic heterocycles. The number of imidazole rings is 1. The molecule has 0 spiro atoms. The SMILES string of the molecule is Cn1c(Nc2cc(C(F)(F)F)cn(CCOCc3ccccc3)c2=O)nc2ncc(Oc3ccnc(N)c3)c(Cl)c21. The van der Waals surface area contributed by atoms with Gasteiger partial charge in [0.05, 0.1) is 25.0 Å². The largest absolute Gasteiger partial charge is 0.454 e. The summed E-state index contributed by atoms with van der Waals surface area (Å²) in [7, 11) is 1.57. The van der Waals surface area contributed by atoms with E-state index in [1.165, 1.54) is 23.0 Å². The van der Waals surface area contributed by atoms with E-state index in [1.54, 1.807) is 13.1 Å². The molecule has 0 saturated heterocycles. The zero-order valence-electron chi connectivity index (χ0n) is 21.5. The van der Waals surface area contributed by atoms with E-state index in [1.807, 2.05) is 30.3 Å². The second kappa shape index (κ2) is 11.5. The molecule has 0 fully saturated rings. The summed E-state index contributed by atoms with van der Waals surface area (Å²) < 4.78 is 55.0. The van der Waals surface area contributed by atoms with E-state index in [2.05, 4.69) is 20.3 Å². The van der Waals surface area contributed by atoms with Gasteiger partial charge in [-0.3, -0.25) is 4.79 Å². The van der Waals surface area contributed by atoms with Gasteiger partial charge in [0, 0.05) is 32.1 Å². The number of nitrogens with two attached hydrogens (primary N) is 1. The summed E-state index contributed by atoms with van der Waals surface area (Å²) in [5.41, 5.74) is 5.08. The number of hydrogen-bond acceptors (Lipinski definition) is 8. The van der Waals surface area contributed by atoms with Crippen LogP contribution in [0.15, 0.2) is 71.9 Å². The summed E-state index contributed by atoms with van der Waals surface area (Å²) in [5, 5.41) is 2.86. The standard InChI is InChI=1S/C27H23ClF3N7O3/c1-37-23-22(28)20(41-18-7-8-33-21(32)12-18)13-34-24(23)36-26(37)35-19-11-17(27(29,30)31)14-38(25(19)39)9-10-40-15-16-5-3-2-4-6-16/h2-8,11-14H,9-10,15H2,1H3,(H2,32,33)(H,34,35,36). The van der Waals surface area contributed by atoms with Crippen LogP contribution in [0.2, 0.25) is 5.02 Å². The van der Waals surface area contributed by atoms with Crippen LogP contribution in [0.1, 0.15) is 11.1 Å². The molecular formula is C27H23ClF3N7O3. The van der Waals surface area contributed by atoms with Gasteiger partial charge in [-0.15, -0.1) is 0 Å². The molecule has 5 aromatic rings. The molecule has 0 atom stereocenters. The molecule has 0 saturated carbocycles. The summed E-state index contributed by atoms with van der Waals surface area (Å²) in [6.45, 7) is 0.182. The fourth-order valence-electron chi connectivity index (χ4n) is 4.01. The molecule has 0 aliphatic carbocycles. The van der Waals surface area contributed by atoms with Gasteiger partial charge in [-0.05, 0) is 17.7 Å². The van der Waals surface area contributed by atoms with Crippen LogP contribution < -0.4 is 21.3 Å². The summed E-state index contributed by atoms with van der Waals surface area (Å²) >= 11 is 6.58. The molecule has 14 heteroatoms. The Morgan fingerprint density at radius 3 is 2.63 bits per heavy atom. The number of alkyl halides is 3. The first-order valence-corrected chi connectivity index (χ1v) is 12.6. The van der Waals surface area contributed by atoms with Gasteiger partial charge in [-0.1, -0.05) is 41.9 Å². The molecule has 10 nitrogen and oxygen atoms in total. The second-order valence-corrected chi connectivity index (χ2v) is 9.30. The number of ether oxygens (including phenoxy) is 2. The predicted octanol–water partition coefficient (Wildman–Crippen LogP) is 5.53. The third kappa shape index (κ3) is 6.26. The van der Waals surface area contributed by atoms with Crippen molar-refractivity contribution in [3.63, 3.8) is 0 Å². The first-order valence-electron chi connectivity index (χ1n) is 12.2. The number of halogens is 4. The third-order valence-electron chi connectivity index (χ3n) is 6.03. The summed E-state index contributed by atoms with van der Waals surface area (Å²) in [6.07, 6.45) is -1.11. The lowest BCUT2D eigenvalue weighted by Gasteiger charge is -2.15. The Balaban J connectivity index is 1.42. The van der Waals surface area contributed by atoms with Crippen LogP contribution in [0.3, 0.4) is 0 Å². The maximum absolute atomic E-state index is 13.7. The molecule has 1 aromatic carbocycles. The number of rotatable bonds is 9. The molecule has 41 heavy (non-hydrogen) atoms. The Labute approximate surface area is 236 Å². The zero-order chi connectivity index (χ0) is 29.1. The molecule has 0 amide bonds. The zero-order valence-corrected chi connectivity index (χ0v) is 22.3. The van der Waals surface area contributed by atoms with Gasteiger partial charge in [0.1, 0.15) is 27.8 Å². The molecule has 5 rings (SSSR count). The first kappa shape index (κ1) is 27.9. The van der Waals surface area contributed by atoms with Crippen molar-refractivity contribution in [2.75, 3.05) is 17.7 Å². The number of fused-ring (bicyclic) bond motifs is 1. The van der Waals surface area contributed by atoms with E-state index < -0.39 is 17.3 Å². The van der Waals surface area contributed by atoms with Gasteiger partial charge in [-0.25, -0.2) is 9.97 Å². The highest BCUT2D eigenvalue weighted by atomic mass is 35.5. The van der Waals surface area contributed by atoms with Crippen molar-refractivity contribution in [1.82, 2.24) is 24.1 Å². The Bertz CT molecular complexity index is 1760. The molecule has 0 bridgehead atoms. The normalized spacial score (nSPS) is 11.6. The van der Waals surface area contributed by atoms with Crippen molar-refractivity contribution < 1.29 is 22.6 Å². The fourth-order valence-corrected chi connectivity index (χ4v) is 4.31. The van der Waals surface area contributed by atoms with Crippen molar-refractivity contribution in [2.45, 2.75) is 19.3 Å². The number of pyridine rings is 3. The summed E-state index contributed by atoms with van der Waals surface area (Å²) in [6, 6.07) is 13.1. The van der Waals surface area contributed by atoms with Gasteiger partial charge in [0.25, 0.3) is 5.56 Å². The summed E-state index contributed by atoms with van der Waals surface area (Å²) in [4.78, 5) is 25.6. The highest BCUT2D eigenvalue weighted by molar-refractivity contribution is 6.36. The van der Waals surface area contributed by atoms with Crippen LogP contribution in [0.4, 0.5) is 30.6 Å². The van der Waals surface area contributed by atoms with Crippen LogP contribution in [0, 0.1) is 0 Å². The molecule has 212 valence electrons. The Morgan fingerprint density at radius 1 is 1.12 bits per heavy atom. The van der Waals surface area contributed by atoms with E-state index >= 15 is 0 Å². The molecule has 0 aliphatic rings. The quantitative estimate of drug-likeness (QED) is 0.217. The molecule has 3 N–H and O–H groups in total. The number of nitrogens with zero attached hydrogens (tertiary/aromatic N) is 5. The van der Waals surface area contributed by atoms with E-state index in [0.717, 1.165) is 22.4 Å². The Hall–Kier alpha value is -4.62. The second-order valence-electron chi connectivity index (χ2n) is 8.92. The minimum Gasteiger partial charge on any atom is -0.454 e. The van der Waals surface area contributed by atoms with Crippen LogP contribution in [0.25, 0.3) is 11.2 Å². The third-order valence-corrected chi connectivity index (χ3v) is 6.40. The lowest BCUT2D eigenvalue weighted by atomic mass is 10.2. The maximum atomic E-state index is 13.7. The monoisotopic (exact) mass is 585 g/mol. The molecule has 4 heterocycles. The van der Waals surface area contributed by atoms with Gasteiger partial charge < -0.3 is 29.7 Å². The minimum atomic E-state index is -4.70. The highest BCUT2D eigenvalue weighted by Gasteiger charge is 2.32. The maximum Gasteiger partial charge on any atom is 0.417 e. The van der Waals surface area contributed by atoms with Crippen molar-refractivity contribution in [1.29, 1.82) is 0 Å². The van der Waals surface area contributed by atoms with E-state index in [0.29, 0.717) is 11.3 Å². The fraction of sp³-hybridized carbons (Fsp3) is 0.185. The van der Waals surface area contributed by atoms with Gasteiger partial charge >= 0.3 is 6.18 Å². The van der Waals surface area contributed by atoms with Crippen molar-refractivity contribution in [2.24, 2.45) is 7.05 Å². The minimum absolute atomic E-state index is 0.0211. The number of benzene rings is 1. The van der Waals surface area contributed by atoms with Crippen molar-refractivity contribution in [3.8, 4) is 11.5 Å². The number of anilines is 3. The average molecular weight is 586 g/mol. The first-order chi connectivity index (χ1) is 19.6. The predicted molar refractivity (Wildman–Crippen MR) is 147 cm³/mol. The van der Waals surface area contributed by atoms with Crippen LogP contribution in [0.5, 0.6) is 11.5 Å². The lowest BCUT2D eigenvalue weighted by Crippen LogP contribution is -2.26. The Morgan fingerprint density at radius 2 is 1.90 bits per heavy atom. The summed E-state index contributed by atoms with van der Waals surface area (Å²) in [5.74, 6) is 0.853. The lowest BCUT2D eigenvalue weighted by molar-refractivity contribution is -0.138. The van der Waals surface area contributed by atoms with Crippen molar-refractivity contribution >= 4 is 40.2 Å². The van der Waals surface area contributed by atoms with Crippen molar-refractivity contribution in [3.05, 3.63) is 93.6 Å². The Kier molecular flexibility index (Phi) is 7.81. The molecule has 0 radical (unpaired) electrons. The number of hydrogen-bond donors (Lipinski definition) is 2. The van der Waals surface area contributed by atoms with E-state index in [9.17, 15) is 18.0 Å². The number of aromatic nitrogens is 5. The van der Waals surface area contributed by atoms with E-state index in [-0.39, 0.29) is 53.6 Å². The van der Waals surface area contributed by atoms with Crippen LogP contribution in [-0.4, -0.2) is 30.7 Å². The number of aryl methyl sites for hydroxylation is 1. The van der Waals surface area contributed by atoms with Crippen LogP contribution >= 0.6 is 11.6 Å². The molecule has 0 aliphatic heterocycles. The topological polar surface area (TPSA) is 122 Å².